The van der Waals surface area contributed by atoms with Crippen molar-refractivity contribution in [1.29, 1.82) is 0 Å². The first kappa shape index (κ1) is 17.1. The maximum atomic E-state index is 14.1. The number of halogens is 5. The van der Waals surface area contributed by atoms with Gasteiger partial charge in [0, 0.05) is 26.2 Å². The van der Waals surface area contributed by atoms with Gasteiger partial charge >= 0.3 is 6.18 Å². The molecule has 1 aromatic carbocycles. The number of hydrogen-bond donors (Lipinski definition) is 2. The number of benzene rings is 1. The van der Waals surface area contributed by atoms with Crippen LogP contribution < -0.4 is 5.32 Å². The molecule has 1 aliphatic heterocycles. The number of aliphatic hydroxyl groups is 1. The highest BCUT2D eigenvalue weighted by molar-refractivity contribution is 5.29. The van der Waals surface area contributed by atoms with Crippen molar-refractivity contribution >= 4 is 0 Å². The van der Waals surface area contributed by atoms with Gasteiger partial charge in [-0.1, -0.05) is 12.1 Å². The van der Waals surface area contributed by atoms with Gasteiger partial charge in [0.05, 0.1) is 5.56 Å². The summed E-state index contributed by atoms with van der Waals surface area (Å²) in [5, 5.41) is 12.0. The van der Waals surface area contributed by atoms with Gasteiger partial charge in [-0.2, -0.15) is 13.2 Å². The lowest BCUT2D eigenvalue weighted by Crippen LogP contribution is -2.51. The minimum atomic E-state index is -4.60. The van der Waals surface area contributed by atoms with E-state index in [0.29, 0.717) is 13.1 Å². The lowest BCUT2D eigenvalue weighted by molar-refractivity contribution is -0.138. The number of hydrogen-bond acceptors (Lipinski definition) is 3. The Morgan fingerprint density at radius 1 is 1.14 bits per heavy atom. The fourth-order valence-corrected chi connectivity index (χ4v) is 2.63. The summed E-state index contributed by atoms with van der Waals surface area (Å²) in [4.78, 5) is 1.40. The highest BCUT2D eigenvalue weighted by atomic mass is 19.4. The molecular weight excluding hydrogens is 307 g/mol. The molecule has 1 aromatic rings. The second kappa shape index (κ2) is 6.47. The second-order valence-electron chi connectivity index (χ2n) is 5.23. The first-order chi connectivity index (χ1) is 10.3. The van der Waals surface area contributed by atoms with Crippen molar-refractivity contribution in [2.45, 2.75) is 18.1 Å². The Bertz CT molecular complexity index is 500. The Balaban J connectivity index is 2.40. The van der Waals surface area contributed by atoms with Crippen LogP contribution in [0.1, 0.15) is 17.2 Å². The minimum absolute atomic E-state index is 0.143. The number of nitrogens with one attached hydrogen (secondary N) is 1. The van der Waals surface area contributed by atoms with Crippen molar-refractivity contribution in [2.24, 2.45) is 0 Å². The third-order valence-corrected chi connectivity index (χ3v) is 3.66. The van der Waals surface area contributed by atoms with E-state index in [9.17, 15) is 22.0 Å². The van der Waals surface area contributed by atoms with E-state index < -0.39 is 30.3 Å². The van der Waals surface area contributed by atoms with E-state index in [4.69, 9.17) is 5.11 Å². The van der Waals surface area contributed by atoms with Crippen LogP contribution in [0.3, 0.4) is 0 Å². The quantitative estimate of drug-likeness (QED) is 0.834. The van der Waals surface area contributed by atoms with Gasteiger partial charge in [0.25, 0.3) is 5.92 Å². The number of aliphatic hydroxyl groups excluding tert-OH is 1. The lowest BCUT2D eigenvalue weighted by Gasteiger charge is -2.38. The Morgan fingerprint density at radius 2 is 1.77 bits per heavy atom. The van der Waals surface area contributed by atoms with Gasteiger partial charge in [0.2, 0.25) is 0 Å². The molecule has 1 aliphatic rings. The second-order valence-corrected chi connectivity index (χ2v) is 5.23. The molecule has 8 heteroatoms. The zero-order valence-corrected chi connectivity index (χ0v) is 11.7. The van der Waals surface area contributed by atoms with E-state index in [2.05, 4.69) is 5.32 Å². The van der Waals surface area contributed by atoms with Gasteiger partial charge < -0.3 is 10.4 Å². The van der Waals surface area contributed by atoms with Gasteiger partial charge in [0.15, 0.2) is 0 Å². The van der Waals surface area contributed by atoms with Gasteiger partial charge in [-0.25, -0.2) is 8.78 Å². The molecule has 0 aromatic heterocycles. The van der Waals surface area contributed by atoms with E-state index in [1.165, 1.54) is 11.0 Å². The standard InChI is InChI=1S/C14H17F5N2O/c15-13(16,9-22)12(21-6-4-20-5-7-21)10-2-1-3-11(8-10)14(17,18)19/h1-3,8,12,20,22H,4-7,9H2/t12-/m0/s1. The fourth-order valence-electron chi connectivity index (χ4n) is 2.63. The summed E-state index contributed by atoms with van der Waals surface area (Å²) in [6, 6.07) is 2.35. The summed E-state index contributed by atoms with van der Waals surface area (Å²) in [5.74, 6) is -3.53. The smallest absolute Gasteiger partial charge is 0.390 e. The zero-order valence-electron chi connectivity index (χ0n) is 11.7. The number of alkyl halides is 5. The summed E-state index contributed by atoms with van der Waals surface area (Å²) in [5.41, 5.74) is -1.12. The van der Waals surface area contributed by atoms with E-state index in [1.54, 1.807) is 0 Å². The Labute approximate surface area is 124 Å². The fraction of sp³-hybridized carbons (Fsp3) is 0.571. The first-order valence-electron chi connectivity index (χ1n) is 6.86. The van der Waals surface area contributed by atoms with Gasteiger partial charge in [-0.3, -0.25) is 4.90 Å². The normalized spacial score (nSPS) is 19.2. The number of nitrogens with zero attached hydrogens (tertiary/aromatic N) is 1. The molecule has 0 radical (unpaired) electrons. The molecule has 2 rings (SSSR count). The van der Waals surface area contributed by atoms with Crippen LogP contribution >= 0.6 is 0 Å². The first-order valence-corrected chi connectivity index (χ1v) is 6.86. The van der Waals surface area contributed by atoms with Crippen molar-refractivity contribution in [2.75, 3.05) is 32.8 Å². The average molecular weight is 324 g/mol. The third kappa shape index (κ3) is 3.74. The molecule has 0 aliphatic carbocycles. The summed E-state index contributed by atoms with van der Waals surface area (Å²) in [6.45, 7) is 0.0682. The van der Waals surface area contributed by atoms with Crippen LogP contribution in [0.5, 0.6) is 0 Å². The molecule has 3 nitrogen and oxygen atoms in total. The van der Waals surface area contributed by atoms with Crippen LogP contribution in [0.2, 0.25) is 0 Å². The highest BCUT2D eigenvalue weighted by Gasteiger charge is 2.44. The lowest BCUT2D eigenvalue weighted by atomic mass is 9.96. The average Bonchev–Trinajstić information content (AvgIpc) is 2.48. The molecule has 1 heterocycles. The largest absolute Gasteiger partial charge is 0.416 e. The van der Waals surface area contributed by atoms with Crippen LogP contribution in [0.25, 0.3) is 0 Å². The third-order valence-electron chi connectivity index (χ3n) is 3.66. The van der Waals surface area contributed by atoms with E-state index in [1.807, 2.05) is 0 Å². The number of rotatable bonds is 4. The van der Waals surface area contributed by atoms with E-state index in [0.717, 1.165) is 18.2 Å². The van der Waals surface area contributed by atoms with Gasteiger partial charge in [0.1, 0.15) is 12.6 Å². The van der Waals surface area contributed by atoms with Crippen LogP contribution in [0.15, 0.2) is 24.3 Å². The number of piperazine rings is 1. The topological polar surface area (TPSA) is 35.5 Å². The maximum Gasteiger partial charge on any atom is 0.416 e. The molecule has 2 N–H and O–H groups in total. The van der Waals surface area contributed by atoms with Crippen molar-refractivity contribution in [3.63, 3.8) is 0 Å². The molecule has 0 unspecified atom stereocenters. The SMILES string of the molecule is OCC(F)(F)[C@H](c1cccc(C(F)(F)F)c1)N1CCNCC1. The predicted molar refractivity (Wildman–Crippen MR) is 70.7 cm³/mol. The highest BCUT2D eigenvalue weighted by Crippen LogP contribution is 2.38. The Kier molecular flexibility index (Phi) is 5.03. The summed E-state index contributed by atoms with van der Waals surface area (Å²) >= 11 is 0. The maximum absolute atomic E-state index is 14.1. The molecule has 0 spiro atoms. The minimum Gasteiger partial charge on any atom is -0.390 e. The molecule has 0 bridgehead atoms. The molecule has 0 amide bonds. The van der Waals surface area contributed by atoms with Crippen LogP contribution in [0, 0.1) is 0 Å². The van der Waals surface area contributed by atoms with Crippen molar-refractivity contribution in [3.05, 3.63) is 35.4 Å². The molecule has 1 saturated heterocycles. The van der Waals surface area contributed by atoms with E-state index in [-0.39, 0.29) is 18.7 Å². The molecular formula is C14H17F5N2O. The summed E-state index contributed by atoms with van der Waals surface area (Å²) in [6.07, 6.45) is -4.60. The van der Waals surface area contributed by atoms with Crippen LogP contribution in [-0.4, -0.2) is 48.7 Å². The summed E-state index contributed by atoms with van der Waals surface area (Å²) < 4.78 is 66.6. The summed E-state index contributed by atoms with van der Waals surface area (Å²) in [7, 11) is 0. The van der Waals surface area contributed by atoms with Gasteiger partial charge in [-0.05, 0) is 17.7 Å². The van der Waals surface area contributed by atoms with Crippen LogP contribution in [-0.2, 0) is 6.18 Å². The van der Waals surface area contributed by atoms with Gasteiger partial charge in [-0.15, -0.1) is 0 Å². The van der Waals surface area contributed by atoms with Crippen molar-refractivity contribution in [3.8, 4) is 0 Å². The molecule has 1 fully saturated rings. The van der Waals surface area contributed by atoms with Crippen molar-refractivity contribution < 1.29 is 27.1 Å². The zero-order chi connectivity index (χ0) is 16.4. The Morgan fingerprint density at radius 3 is 2.32 bits per heavy atom. The Hall–Kier alpha value is -1.25. The molecule has 0 saturated carbocycles. The molecule has 22 heavy (non-hydrogen) atoms. The molecule has 1 atom stereocenters. The van der Waals surface area contributed by atoms with Crippen LogP contribution in [0.4, 0.5) is 22.0 Å². The predicted octanol–water partition coefficient (Wildman–Crippen LogP) is 2.28. The van der Waals surface area contributed by atoms with Crippen molar-refractivity contribution in [1.82, 2.24) is 10.2 Å². The monoisotopic (exact) mass is 324 g/mol. The molecule has 124 valence electrons. The van der Waals surface area contributed by atoms with E-state index >= 15 is 0 Å².